The summed E-state index contributed by atoms with van der Waals surface area (Å²) in [7, 11) is 1.64. The van der Waals surface area contributed by atoms with Crippen molar-refractivity contribution in [1.82, 2.24) is 0 Å². The predicted molar refractivity (Wildman–Crippen MR) is 77.1 cm³/mol. The summed E-state index contributed by atoms with van der Waals surface area (Å²) in [6, 6.07) is 5.82. The van der Waals surface area contributed by atoms with E-state index in [0.29, 0.717) is 5.69 Å². The van der Waals surface area contributed by atoms with E-state index < -0.39 is 0 Å². The third-order valence-corrected chi connectivity index (χ3v) is 3.39. The molecule has 0 amide bonds. The van der Waals surface area contributed by atoms with Crippen molar-refractivity contribution in [2.75, 3.05) is 24.7 Å². The summed E-state index contributed by atoms with van der Waals surface area (Å²) < 4.78 is 5.21. The maximum absolute atomic E-state index is 5.78. The quantitative estimate of drug-likeness (QED) is 0.616. The second-order valence-corrected chi connectivity index (χ2v) is 4.74. The van der Waals surface area contributed by atoms with Crippen LogP contribution in [0.15, 0.2) is 29.8 Å². The van der Waals surface area contributed by atoms with Crippen LogP contribution in [0.5, 0.6) is 5.75 Å². The summed E-state index contributed by atoms with van der Waals surface area (Å²) >= 11 is 0. The van der Waals surface area contributed by atoms with Gasteiger partial charge in [0.05, 0.1) is 12.8 Å². The maximum Gasteiger partial charge on any atom is 0.143 e. The number of nitrogens with one attached hydrogen (secondary N) is 1. The van der Waals surface area contributed by atoms with Crippen LogP contribution in [0, 0.1) is 0 Å². The van der Waals surface area contributed by atoms with Gasteiger partial charge in [0.25, 0.3) is 0 Å². The smallest absolute Gasteiger partial charge is 0.143 e. The normalized spacial score (nSPS) is 15.1. The Hall–Kier alpha value is -1.64. The van der Waals surface area contributed by atoms with Crippen molar-refractivity contribution >= 4 is 11.4 Å². The van der Waals surface area contributed by atoms with Crippen molar-refractivity contribution in [3.05, 3.63) is 29.8 Å². The molecule has 0 saturated heterocycles. The average Bonchev–Trinajstić information content (AvgIpc) is 2.42. The third-order valence-electron chi connectivity index (χ3n) is 3.39. The first-order chi connectivity index (χ1) is 8.79. The van der Waals surface area contributed by atoms with Crippen molar-refractivity contribution in [2.24, 2.45) is 0 Å². The Bertz CT molecular complexity index is 427. The second kappa shape index (κ2) is 6.34. The maximum atomic E-state index is 5.78. The summed E-state index contributed by atoms with van der Waals surface area (Å²) in [5.74, 6) is 0.733. The van der Waals surface area contributed by atoms with Gasteiger partial charge in [-0.1, -0.05) is 11.6 Å². The van der Waals surface area contributed by atoms with Crippen LogP contribution in [0.4, 0.5) is 11.4 Å². The van der Waals surface area contributed by atoms with Gasteiger partial charge in [-0.3, -0.25) is 0 Å². The fourth-order valence-corrected chi connectivity index (χ4v) is 2.32. The highest BCUT2D eigenvalue weighted by molar-refractivity contribution is 5.61. The molecular formula is C15H22N2O. The van der Waals surface area contributed by atoms with Crippen LogP contribution >= 0.6 is 0 Å². The van der Waals surface area contributed by atoms with Crippen LogP contribution in [-0.4, -0.2) is 13.7 Å². The number of anilines is 2. The Morgan fingerprint density at radius 3 is 2.94 bits per heavy atom. The molecule has 0 aliphatic heterocycles. The molecule has 3 nitrogen and oxygen atoms in total. The molecule has 1 aliphatic carbocycles. The van der Waals surface area contributed by atoms with E-state index in [-0.39, 0.29) is 0 Å². The number of nitrogen functional groups attached to an aromatic ring is 1. The summed E-state index contributed by atoms with van der Waals surface area (Å²) in [5.41, 5.74) is 9.12. The van der Waals surface area contributed by atoms with E-state index in [1.54, 1.807) is 12.7 Å². The van der Waals surface area contributed by atoms with Gasteiger partial charge in [0.1, 0.15) is 5.75 Å². The van der Waals surface area contributed by atoms with Gasteiger partial charge in [-0.15, -0.1) is 0 Å². The standard InChI is InChI=1S/C15H22N2O/c1-18-15-11-13(7-8-14(15)16)17-10-9-12-5-3-2-4-6-12/h5,7-8,11,17H,2-4,6,9-10,16H2,1H3. The van der Waals surface area contributed by atoms with Gasteiger partial charge in [-0.25, -0.2) is 0 Å². The summed E-state index contributed by atoms with van der Waals surface area (Å²) in [6.07, 6.45) is 8.76. The third kappa shape index (κ3) is 3.42. The molecule has 2 rings (SSSR count). The highest BCUT2D eigenvalue weighted by atomic mass is 16.5. The zero-order valence-corrected chi connectivity index (χ0v) is 11.0. The van der Waals surface area contributed by atoms with E-state index in [4.69, 9.17) is 10.5 Å². The van der Waals surface area contributed by atoms with Crippen LogP contribution in [0.1, 0.15) is 32.1 Å². The number of rotatable bonds is 5. The lowest BCUT2D eigenvalue weighted by Gasteiger charge is -2.14. The Kier molecular flexibility index (Phi) is 4.51. The number of allylic oxidation sites excluding steroid dienone is 1. The summed E-state index contributed by atoms with van der Waals surface area (Å²) in [5, 5.41) is 3.42. The monoisotopic (exact) mass is 246 g/mol. The zero-order chi connectivity index (χ0) is 12.8. The van der Waals surface area contributed by atoms with E-state index in [9.17, 15) is 0 Å². The molecule has 0 saturated carbocycles. The molecule has 98 valence electrons. The van der Waals surface area contributed by atoms with Gasteiger partial charge in [-0.05, 0) is 44.2 Å². The van der Waals surface area contributed by atoms with Crippen LogP contribution in [0.2, 0.25) is 0 Å². The van der Waals surface area contributed by atoms with Gasteiger partial charge in [0.2, 0.25) is 0 Å². The predicted octanol–water partition coefficient (Wildman–Crippen LogP) is 3.58. The topological polar surface area (TPSA) is 47.3 Å². The van der Waals surface area contributed by atoms with Crippen molar-refractivity contribution in [1.29, 1.82) is 0 Å². The lowest BCUT2D eigenvalue weighted by molar-refractivity contribution is 0.417. The summed E-state index contributed by atoms with van der Waals surface area (Å²) in [6.45, 7) is 0.971. The molecule has 0 atom stereocenters. The molecular weight excluding hydrogens is 224 g/mol. The molecule has 3 heteroatoms. The first-order valence-electron chi connectivity index (χ1n) is 6.65. The Balaban J connectivity index is 1.84. The highest BCUT2D eigenvalue weighted by Gasteiger charge is 2.04. The van der Waals surface area contributed by atoms with E-state index in [2.05, 4.69) is 11.4 Å². The number of hydrogen-bond donors (Lipinski definition) is 2. The SMILES string of the molecule is COc1cc(NCCC2=CCCCC2)ccc1N. The lowest BCUT2D eigenvalue weighted by Crippen LogP contribution is -2.05. The average molecular weight is 246 g/mol. The largest absolute Gasteiger partial charge is 0.495 e. The minimum atomic E-state index is 0.679. The molecule has 0 bridgehead atoms. The van der Waals surface area contributed by atoms with E-state index in [1.165, 1.54) is 25.7 Å². The number of nitrogens with two attached hydrogens (primary N) is 1. The molecule has 0 aromatic heterocycles. The van der Waals surface area contributed by atoms with E-state index in [0.717, 1.165) is 24.4 Å². The zero-order valence-electron chi connectivity index (χ0n) is 11.0. The fraction of sp³-hybridized carbons (Fsp3) is 0.467. The van der Waals surface area contributed by atoms with Crippen molar-refractivity contribution in [3.8, 4) is 5.75 Å². The molecule has 0 spiro atoms. The molecule has 0 unspecified atom stereocenters. The van der Waals surface area contributed by atoms with Gasteiger partial charge < -0.3 is 15.8 Å². The minimum Gasteiger partial charge on any atom is -0.495 e. The van der Waals surface area contributed by atoms with E-state index in [1.807, 2.05) is 18.2 Å². The molecule has 0 heterocycles. The van der Waals surface area contributed by atoms with Crippen molar-refractivity contribution in [3.63, 3.8) is 0 Å². The Morgan fingerprint density at radius 2 is 2.22 bits per heavy atom. The number of hydrogen-bond acceptors (Lipinski definition) is 3. The molecule has 1 aromatic rings. The Morgan fingerprint density at radius 1 is 1.33 bits per heavy atom. The number of methoxy groups -OCH3 is 1. The number of benzene rings is 1. The highest BCUT2D eigenvalue weighted by Crippen LogP contribution is 2.25. The molecule has 1 aromatic carbocycles. The van der Waals surface area contributed by atoms with Crippen LogP contribution < -0.4 is 15.8 Å². The van der Waals surface area contributed by atoms with Crippen LogP contribution in [-0.2, 0) is 0 Å². The fourth-order valence-electron chi connectivity index (χ4n) is 2.32. The van der Waals surface area contributed by atoms with Gasteiger partial charge in [0.15, 0.2) is 0 Å². The first-order valence-corrected chi connectivity index (χ1v) is 6.65. The van der Waals surface area contributed by atoms with Gasteiger partial charge >= 0.3 is 0 Å². The molecule has 3 N–H and O–H groups in total. The molecule has 0 fully saturated rings. The molecule has 18 heavy (non-hydrogen) atoms. The second-order valence-electron chi connectivity index (χ2n) is 4.74. The van der Waals surface area contributed by atoms with Crippen molar-refractivity contribution < 1.29 is 4.74 Å². The van der Waals surface area contributed by atoms with Crippen molar-refractivity contribution in [2.45, 2.75) is 32.1 Å². The number of ether oxygens (including phenoxy) is 1. The summed E-state index contributed by atoms with van der Waals surface area (Å²) in [4.78, 5) is 0. The van der Waals surface area contributed by atoms with Gasteiger partial charge in [0, 0.05) is 18.3 Å². The van der Waals surface area contributed by atoms with Gasteiger partial charge in [-0.2, -0.15) is 0 Å². The molecule has 0 radical (unpaired) electrons. The van der Waals surface area contributed by atoms with Crippen LogP contribution in [0.3, 0.4) is 0 Å². The first kappa shape index (κ1) is 12.8. The minimum absolute atomic E-state index is 0.679. The lowest BCUT2D eigenvalue weighted by atomic mass is 9.97. The van der Waals surface area contributed by atoms with Crippen LogP contribution in [0.25, 0.3) is 0 Å². The molecule has 1 aliphatic rings. The Labute approximate surface area is 109 Å². The van der Waals surface area contributed by atoms with E-state index >= 15 is 0 Å².